The SMILES string of the molecule is CCCN(C(=O)CN1CCN(c2ccccc2O)CC1)[C@@H]1CCS(=O)(=O)C1. The number of benzene rings is 1. The average molecular weight is 396 g/mol. The molecule has 1 atom stereocenters. The van der Waals surface area contributed by atoms with Gasteiger partial charge in [0.15, 0.2) is 9.84 Å². The maximum Gasteiger partial charge on any atom is 0.237 e. The first-order valence-electron chi connectivity index (χ1n) is 9.65. The zero-order valence-electron chi connectivity index (χ0n) is 15.9. The van der Waals surface area contributed by atoms with E-state index in [1.807, 2.05) is 19.1 Å². The Morgan fingerprint density at radius 3 is 2.52 bits per heavy atom. The van der Waals surface area contributed by atoms with Crippen LogP contribution in [0.15, 0.2) is 24.3 Å². The number of rotatable bonds is 6. The maximum absolute atomic E-state index is 12.8. The largest absolute Gasteiger partial charge is 0.506 e. The molecule has 0 radical (unpaired) electrons. The van der Waals surface area contributed by atoms with Gasteiger partial charge in [0.05, 0.1) is 23.7 Å². The zero-order valence-corrected chi connectivity index (χ0v) is 16.7. The van der Waals surface area contributed by atoms with E-state index in [4.69, 9.17) is 0 Å². The molecule has 8 heteroatoms. The standard InChI is InChI=1S/C19H29N3O4S/c1-2-8-22(16-7-13-27(25,26)15-16)19(24)14-20-9-11-21(12-10-20)17-5-3-4-6-18(17)23/h3-6,16,23H,2,7-15H2,1H3/t16-/m1/s1. The highest BCUT2D eigenvalue weighted by atomic mass is 32.2. The van der Waals surface area contributed by atoms with Crippen molar-refractivity contribution in [3.05, 3.63) is 24.3 Å². The van der Waals surface area contributed by atoms with Gasteiger partial charge in [-0.25, -0.2) is 8.42 Å². The minimum absolute atomic E-state index is 0.0231. The van der Waals surface area contributed by atoms with Crippen LogP contribution in [0, 0.1) is 0 Å². The van der Waals surface area contributed by atoms with E-state index in [-0.39, 0.29) is 29.2 Å². The first-order chi connectivity index (χ1) is 12.9. The summed E-state index contributed by atoms with van der Waals surface area (Å²) in [6.45, 7) is 5.91. The van der Waals surface area contributed by atoms with Crippen LogP contribution in [0.25, 0.3) is 0 Å². The first-order valence-corrected chi connectivity index (χ1v) is 11.5. The lowest BCUT2D eigenvalue weighted by molar-refractivity contribution is -0.134. The van der Waals surface area contributed by atoms with E-state index >= 15 is 0 Å². The molecule has 0 aliphatic carbocycles. The second-order valence-corrected chi connectivity index (χ2v) is 9.62. The van der Waals surface area contributed by atoms with Gasteiger partial charge >= 0.3 is 0 Å². The summed E-state index contributed by atoms with van der Waals surface area (Å²) in [5.41, 5.74) is 0.826. The fourth-order valence-electron chi connectivity index (χ4n) is 3.93. The molecule has 0 aromatic heterocycles. The molecule has 1 aromatic carbocycles. The molecule has 0 spiro atoms. The van der Waals surface area contributed by atoms with Crippen LogP contribution in [-0.4, -0.2) is 86.0 Å². The van der Waals surface area contributed by atoms with E-state index in [0.29, 0.717) is 19.5 Å². The highest BCUT2D eigenvalue weighted by Crippen LogP contribution is 2.27. The zero-order chi connectivity index (χ0) is 19.4. The molecule has 2 aliphatic heterocycles. The summed E-state index contributed by atoms with van der Waals surface area (Å²) in [5.74, 6) is 0.582. The second kappa shape index (κ2) is 8.48. The number of nitrogens with zero attached hydrogens (tertiary/aromatic N) is 3. The van der Waals surface area contributed by atoms with Crippen molar-refractivity contribution in [3.63, 3.8) is 0 Å². The molecule has 0 bridgehead atoms. The minimum atomic E-state index is -3.01. The molecular weight excluding hydrogens is 366 g/mol. The van der Waals surface area contributed by atoms with Crippen LogP contribution in [0.1, 0.15) is 19.8 Å². The third-order valence-corrected chi connectivity index (χ3v) is 7.14. The van der Waals surface area contributed by atoms with Crippen molar-refractivity contribution in [2.24, 2.45) is 0 Å². The predicted octanol–water partition coefficient (Wildman–Crippen LogP) is 0.940. The van der Waals surface area contributed by atoms with E-state index in [2.05, 4.69) is 9.80 Å². The summed E-state index contributed by atoms with van der Waals surface area (Å²) in [4.78, 5) is 18.9. The number of sulfone groups is 1. The molecule has 1 amide bonds. The van der Waals surface area contributed by atoms with Crippen LogP contribution in [0.5, 0.6) is 5.75 Å². The quantitative estimate of drug-likeness (QED) is 0.772. The Hall–Kier alpha value is -1.80. The van der Waals surface area contributed by atoms with Crippen LogP contribution in [-0.2, 0) is 14.6 Å². The molecule has 2 aliphatic rings. The van der Waals surface area contributed by atoms with Crippen molar-refractivity contribution in [3.8, 4) is 5.75 Å². The van der Waals surface area contributed by atoms with Gasteiger partial charge < -0.3 is 14.9 Å². The van der Waals surface area contributed by atoms with Crippen molar-refractivity contribution in [2.45, 2.75) is 25.8 Å². The number of phenolic OH excluding ortho intramolecular Hbond substituents is 1. The second-order valence-electron chi connectivity index (χ2n) is 7.40. The molecule has 2 fully saturated rings. The van der Waals surface area contributed by atoms with E-state index in [1.54, 1.807) is 17.0 Å². The molecule has 150 valence electrons. The highest BCUT2D eigenvalue weighted by Gasteiger charge is 2.34. The summed E-state index contributed by atoms with van der Waals surface area (Å²) in [5, 5.41) is 10.0. The Bertz CT molecular complexity index is 760. The fraction of sp³-hybridized carbons (Fsp3) is 0.632. The van der Waals surface area contributed by atoms with Gasteiger partial charge in [-0.2, -0.15) is 0 Å². The van der Waals surface area contributed by atoms with Crippen molar-refractivity contribution in [1.29, 1.82) is 0 Å². The number of amides is 1. The summed E-state index contributed by atoms with van der Waals surface area (Å²) in [6.07, 6.45) is 1.37. The molecule has 1 aromatic rings. The summed E-state index contributed by atoms with van der Waals surface area (Å²) in [6, 6.07) is 7.12. The molecule has 27 heavy (non-hydrogen) atoms. The van der Waals surface area contributed by atoms with Gasteiger partial charge in [0, 0.05) is 38.8 Å². The van der Waals surface area contributed by atoms with E-state index < -0.39 is 9.84 Å². The Morgan fingerprint density at radius 1 is 1.22 bits per heavy atom. The first kappa shape index (κ1) is 19.9. The van der Waals surface area contributed by atoms with Gasteiger partial charge in [-0.3, -0.25) is 9.69 Å². The molecule has 7 nitrogen and oxygen atoms in total. The molecule has 1 N–H and O–H groups in total. The Labute approximate surface area is 161 Å². The molecule has 2 heterocycles. The van der Waals surface area contributed by atoms with E-state index in [9.17, 15) is 18.3 Å². The van der Waals surface area contributed by atoms with Crippen molar-refractivity contribution >= 4 is 21.4 Å². The predicted molar refractivity (Wildman–Crippen MR) is 106 cm³/mol. The number of aromatic hydroxyl groups is 1. The minimum Gasteiger partial charge on any atom is -0.506 e. The van der Waals surface area contributed by atoms with Crippen LogP contribution < -0.4 is 4.90 Å². The maximum atomic E-state index is 12.8. The Morgan fingerprint density at radius 2 is 1.93 bits per heavy atom. The van der Waals surface area contributed by atoms with Gasteiger partial charge in [0.25, 0.3) is 0 Å². The summed E-state index contributed by atoms with van der Waals surface area (Å²) in [7, 11) is -3.01. The van der Waals surface area contributed by atoms with E-state index in [1.165, 1.54) is 0 Å². The Kier molecular flexibility index (Phi) is 6.26. The smallest absolute Gasteiger partial charge is 0.237 e. The lowest BCUT2D eigenvalue weighted by Crippen LogP contribution is -2.52. The third kappa shape index (κ3) is 4.93. The average Bonchev–Trinajstić information content (AvgIpc) is 3.00. The molecule has 2 saturated heterocycles. The third-order valence-electron chi connectivity index (χ3n) is 5.39. The van der Waals surface area contributed by atoms with Gasteiger partial charge in [-0.15, -0.1) is 0 Å². The highest BCUT2D eigenvalue weighted by molar-refractivity contribution is 7.91. The molecule has 0 unspecified atom stereocenters. The number of hydrogen-bond donors (Lipinski definition) is 1. The monoisotopic (exact) mass is 395 g/mol. The van der Waals surface area contributed by atoms with Gasteiger partial charge in [0.1, 0.15) is 5.75 Å². The fourth-order valence-corrected chi connectivity index (χ4v) is 5.66. The number of hydrogen-bond acceptors (Lipinski definition) is 6. The van der Waals surface area contributed by atoms with Gasteiger partial charge in [0.2, 0.25) is 5.91 Å². The summed E-state index contributed by atoms with van der Waals surface area (Å²) >= 11 is 0. The summed E-state index contributed by atoms with van der Waals surface area (Å²) < 4.78 is 23.6. The van der Waals surface area contributed by atoms with Crippen molar-refractivity contribution in [2.75, 3.05) is 55.7 Å². The number of phenols is 1. The Balaban J connectivity index is 1.55. The van der Waals surface area contributed by atoms with Crippen LogP contribution >= 0.6 is 0 Å². The number of carbonyl (C=O) groups is 1. The lowest BCUT2D eigenvalue weighted by atomic mass is 10.2. The van der Waals surface area contributed by atoms with E-state index in [0.717, 1.165) is 38.3 Å². The van der Waals surface area contributed by atoms with Gasteiger partial charge in [-0.05, 0) is 25.0 Å². The topological polar surface area (TPSA) is 81.2 Å². The molecule has 3 rings (SSSR count). The van der Waals surface area contributed by atoms with Crippen LogP contribution in [0.2, 0.25) is 0 Å². The number of piperazine rings is 1. The van der Waals surface area contributed by atoms with Crippen LogP contribution in [0.3, 0.4) is 0 Å². The van der Waals surface area contributed by atoms with Crippen molar-refractivity contribution < 1.29 is 18.3 Å². The van der Waals surface area contributed by atoms with Crippen LogP contribution in [0.4, 0.5) is 5.69 Å². The number of anilines is 1. The number of para-hydroxylation sites is 2. The molecule has 0 saturated carbocycles. The van der Waals surface area contributed by atoms with Gasteiger partial charge in [-0.1, -0.05) is 19.1 Å². The molecular formula is C19H29N3O4S. The normalized spacial score (nSPS) is 22.7. The van der Waals surface area contributed by atoms with Crippen molar-refractivity contribution in [1.82, 2.24) is 9.80 Å². The number of carbonyl (C=O) groups excluding carboxylic acids is 1. The lowest BCUT2D eigenvalue weighted by Gasteiger charge is -2.37.